The normalized spacial score (nSPS) is 24.8. The zero-order chi connectivity index (χ0) is 42.0. The second-order valence-corrected chi connectivity index (χ2v) is 19.2. The maximum absolute atomic E-state index is 13.7. The summed E-state index contributed by atoms with van der Waals surface area (Å²) in [5.74, 6) is 0.647. The van der Waals surface area contributed by atoms with Crippen LogP contribution in [-0.4, -0.2) is 109 Å². The number of carbonyl (C=O) groups is 4. The lowest BCUT2D eigenvalue weighted by atomic mass is 9.73. The molecule has 3 aromatic rings. The molecule has 2 spiro atoms. The van der Waals surface area contributed by atoms with Gasteiger partial charge in [0.15, 0.2) is 0 Å². The van der Waals surface area contributed by atoms with Crippen LogP contribution in [0.4, 0.5) is 11.4 Å². The van der Waals surface area contributed by atoms with Gasteiger partial charge in [-0.25, -0.2) is 0 Å². The highest BCUT2D eigenvalue weighted by molar-refractivity contribution is 6.32. The van der Waals surface area contributed by atoms with E-state index in [2.05, 4.69) is 51.2 Å². The molecule has 10 rings (SSSR count). The van der Waals surface area contributed by atoms with E-state index in [-0.39, 0.29) is 35.0 Å². The summed E-state index contributed by atoms with van der Waals surface area (Å²) in [6.45, 7) is 10.8. The van der Waals surface area contributed by atoms with E-state index in [1.165, 1.54) is 11.3 Å². The molecule has 0 radical (unpaired) electrons. The lowest BCUT2D eigenvalue weighted by molar-refractivity contribution is -0.136. The number of piperidine rings is 4. The Labute approximate surface area is 362 Å². The fraction of sp³-hybridized carbons (Fsp3) is 0.521. The van der Waals surface area contributed by atoms with Gasteiger partial charge in [0.2, 0.25) is 11.8 Å². The predicted octanol–water partition coefficient (Wildman–Crippen LogP) is 6.14. The first kappa shape index (κ1) is 40.0. The number of hydrogen-bond acceptors (Lipinski definition) is 9. The number of benzene rings is 3. The van der Waals surface area contributed by atoms with Crippen molar-refractivity contribution in [2.45, 2.75) is 88.8 Å². The summed E-state index contributed by atoms with van der Waals surface area (Å²) in [6, 6.07) is 20.0. The van der Waals surface area contributed by atoms with Crippen LogP contribution in [0.3, 0.4) is 0 Å². The summed E-state index contributed by atoms with van der Waals surface area (Å²) >= 11 is 6.39. The average Bonchev–Trinajstić information content (AvgIpc) is 3.92. The Balaban J connectivity index is 0.685. The summed E-state index contributed by atoms with van der Waals surface area (Å²) in [4.78, 5) is 62.5. The number of fused-ring (bicyclic) bond motifs is 4. The largest absolute Gasteiger partial charge is 0.492 e. The molecule has 7 heterocycles. The summed E-state index contributed by atoms with van der Waals surface area (Å²) < 4.78 is 6.40. The van der Waals surface area contributed by atoms with Crippen molar-refractivity contribution < 1.29 is 23.9 Å². The Bertz CT molecular complexity index is 2300. The van der Waals surface area contributed by atoms with Crippen molar-refractivity contribution in [2.75, 3.05) is 68.8 Å². The number of hydrogen-bond donors (Lipinski definition) is 1. The third-order valence-corrected chi connectivity index (χ3v) is 16.1. The Hall–Kier alpha value is -5.12. The topological polar surface area (TPSA) is 130 Å². The molecule has 0 unspecified atom stereocenters. The van der Waals surface area contributed by atoms with Crippen LogP contribution in [0.5, 0.6) is 5.75 Å². The van der Waals surface area contributed by atoms with E-state index in [4.69, 9.17) is 16.3 Å². The fourth-order valence-electron chi connectivity index (χ4n) is 11.8. The minimum atomic E-state index is -0.637. The summed E-state index contributed by atoms with van der Waals surface area (Å²) in [5.41, 5.74) is 6.39. The van der Waals surface area contributed by atoms with Crippen LogP contribution in [0.2, 0.25) is 5.02 Å². The van der Waals surface area contributed by atoms with Crippen molar-refractivity contribution in [1.82, 2.24) is 20.0 Å². The van der Waals surface area contributed by atoms with Crippen LogP contribution >= 0.6 is 11.6 Å². The summed E-state index contributed by atoms with van der Waals surface area (Å²) in [5, 5.41) is 12.2. The third-order valence-electron chi connectivity index (χ3n) is 15.8. The van der Waals surface area contributed by atoms with Gasteiger partial charge in [-0.2, -0.15) is 5.26 Å². The minimum absolute atomic E-state index is 0.0758. The highest BCUT2D eigenvalue weighted by Gasteiger charge is 2.49. The second kappa shape index (κ2) is 15.7. The molecular weight excluding hydrogens is 790 g/mol. The van der Waals surface area contributed by atoms with Gasteiger partial charge in [-0.3, -0.25) is 24.5 Å². The first-order chi connectivity index (χ1) is 29.5. The molecule has 318 valence electrons. The van der Waals surface area contributed by atoms with Gasteiger partial charge < -0.3 is 29.2 Å². The number of anilines is 2. The maximum atomic E-state index is 13.7. The number of halogens is 1. The van der Waals surface area contributed by atoms with Gasteiger partial charge in [0.05, 0.1) is 23.7 Å². The van der Waals surface area contributed by atoms with Crippen molar-refractivity contribution in [3.8, 4) is 11.8 Å². The standard InChI is InChI=1S/C48H54ClN7O5/c1-31-47(18-25-55(31)36-7-4-34(27-50)40(49)26-36)16-23-53(24-17-47)35-5-2-33(3-6-35)45(59)54-19-12-32(13-20-54)28-52-21-14-48(15-22-52)30-61-43-38-29-56(41-10-11-42(57)51-44(41)58)46(60)37(38)8-9-39(43)48/h2-9,26,31-32,41H,10-25,28-30H2,1H3,(H,51,57,58)/t31-,41-/m0/s1. The molecule has 5 fully saturated rings. The number of nitrogens with zero attached hydrogens (tertiary/aromatic N) is 6. The highest BCUT2D eigenvalue weighted by Crippen LogP contribution is 2.50. The van der Waals surface area contributed by atoms with E-state index in [1.807, 2.05) is 41.3 Å². The van der Waals surface area contributed by atoms with Crippen LogP contribution in [0.15, 0.2) is 54.6 Å². The first-order valence-corrected chi connectivity index (χ1v) is 22.7. The lowest BCUT2D eigenvalue weighted by Gasteiger charge is -2.44. The van der Waals surface area contributed by atoms with Gasteiger partial charge in [-0.05, 0) is 131 Å². The molecule has 4 amide bonds. The first-order valence-electron chi connectivity index (χ1n) is 22.3. The van der Waals surface area contributed by atoms with E-state index in [9.17, 15) is 24.4 Å². The molecule has 0 aromatic heterocycles. The third kappa shape index (κ3) is 7.02. The van der Waals surface area contributed by atoms with Crippen LogP contribution < -0.4 is 19.9 Å². The molecule has 0 aliphatic carbocycles. The fourth-order valence-corrected chi connectivity index (χ4v) is 12.0. The molecule has 13 heteroatoms. The van der Waals surface area contributed by atoms with Gasteiger partial charge >= 0.3 is 0 Å². The Morgan fingerprint density at radius 1 is 0.869 bits per heavy atom. The minimum Gasteiger partial charge on any atom is -0.492 e. The number of ether oxygens (including phenoxy) is 1. The molecule has 3 aromatic carbocycles. The van der Waals surface area contributed by atoms with Crippen LogP contribution in [0.25, 0.3) is 0 Å². The van der Waals surface area contributed by atoms with E-state index >= 15 is 0 Å². The van der Waals surface area contributed by atoms with Gasteiger partial charge in [0.1, 0.15) is 17.9 Å². The molecule has 12 nitrogen and oxygen atoms in total. The Morgan fingerprint density at radius 2 is 1.59 bits per heavy atom. The maximum Gasteiger partial charge on any atom is 0.255 e. The van der Waals surface area contributed by atoms with Crippen molar-refractivity contribution in [1.29, 1.82) is 5.26 Å². The molecule has 61 heavy (non-hydrogen) atoms. The van der Waals surface area contributed by atoms with Crippen LogP contribution in [0.1, 0.15) is 102 Å². The SMILES string of the molecule is C[C@@H]1N(c2ccc(C#N)c(Cl)c2)CCC12CCN(c1ccc(C(=O)N3CCC(CN4CCC5(CC4)COc4c5ccc5c4CN([C@H]4CCC(=O)NC4=O)C5=O)CC3)cc1)CC2. The number of likely N-dealkylation sites (tertiary alicyclic amines) is 2. The lowest BCUT2D eigenvalue weighted by Crippen LogP contribution is -2.52. The monoisotopic (exact) mass is 843 g/mol. The number of imide groups is 1. The van der Waals surface area contributed by atoms with Gasteiger partial charge in [-0.15, -0.1) is 0 Å². The highest BCUT2D eigenvalue weighted by atomic mass is 35.5. The number of nitriles is 1. The quantitative estimate of drug-likeness (QED) is 0.291. The van der Waals surface area contributed by atoms with Crippen LogP contribution in [0, 0.1) is 22.7 Å². The molecule has 1 N–H and O–H groups in total. The van der Waals surface area contributed by atoms with Crippen molar-refractivity contribution in [3.05, 3.63) is 87.4 Å². The van der Waals surface area contributed by atoms with Crippen LogP contribution in [-0.2, 0) is 21.5 Å². The molecular formula is C48H54ClN7O5. The van der Waals surface area contributed by atoms with E-state index < -0.39 is 11.9 Å². The zero-order valence-electron chi connectivity index (χ0n) is 35.0. The molecule has 2 atom stereocenters. The molecule has 7 aliphatic heterocycles. The van der Waals surface area contributed by atoms with Gasteiger partial charge in [0.25, 0.3) is 11.8 Å². The molecule has 5 saturated heterocycles. The number of nitrogens with one attached hydrogen (secondary N) is 1. The number of carbonyl (C=O) groups excluding carboxylic acids is 4. The van der Waals surface area contributed by atoms with E-state index in [0.29, 0.717) is 47.7 Å². The van der Waals surface area contributed by atoms with E-state index in [1.54, 1.807) is 4.90 Å². The Morgan fingerprint density at radius 3 is 2.30 bits per heavy atom. The van der Waals surface area contributed by atoms with Gasteiger partial charge in [0, 0.05) is 90.8 Å². The number of amides is 4. The summed E-state index contributed by atoms with van der Waals surface area (Å²) in [7, 11) is 0. The average molecular weight is 844 g/mol. The van der Waals surface area contributed by atoms with Crippen molar-refractivity contribution >= 4 is 46.6 Å². The number of rotatable bonds is 6. The zero-order valence-corrected chi connectivity index (χ0v) is 35.7. The van der Waals surface area contributed by atoms with Crippen molar-refractivity contribution in [3.63, 3.8) is 0 Å². The summed E-state index contributed by atoms with van der Waals surface area (Å²) in [6.07, 6.45) is 7.95. The van der Waals surface area contributed by atoms with Crippen molar-refractivity contribution in [2.24, 2.45) is 11.3 Å². The molecule has 0 bridgehead atoms. The smallest absolute Gasteiger partial charge is 0.255 e. The predicted molar refractivity (Wildman–Crippen MR) is 232 cm³/mol. The van der Waals surface area contributed by atoms with Gasteiger partial charge in [-0.1, -0.05) is 17.7 Å². The second-order valence-electron chi connectivity index (χ2n) is 18.8. The molecule has 7 aliphatic rings. The van der Waals surface area contributed by atoms with E-state index in [0.717, 1.165) is 120 Å². The molecule has 0 saturated carbocycles. The Kier molecular flexibility index (Phi) is 10.3.